The van der Waals surface area contributed by atoms with E-state index in [-0.39, 0.29) is 6.61 Å². The first-order valence-corrected chi connectivity index (χ1v) is 14.2. The zero-order valence-corrected chi connectivity index (χ0v) is 21.9. The highest BCUT2D eigenvalue weighted by Crippen LogP contribution is 2.37. The van der Waals surface area contributed by atoms with E-state index in [0.717, 1.165) is 38.1 Å². The summed E-state index contributed by atoms with van der Waals surface area (Å²) in [5, 5.41) is 5.38. The number of nitrogens with zero attached hydrogens (tertiary/aromatic N) is 3. The Balaban J connectivity index is 1.53. The van der Waals surface area contributed by atoms with Gasteiger partial charge >= 0.3 is 0 Å². The summed E-state index contributed by atoms with van der Waals surface area (Å²) in [5.74, 6) is 0.704. The molecular formula is C27H22ClN3O3S2. The molecule has 5 aromatic rings. The Hall–Kier alpha value is -3.46. The summed E-state index contributed by atoms with van der Waals surface area (Å²) in [6.45, 7) is 2.17. The SMILES string of the molecule is Cc1ncccc1OCc1cc(-c2ccc(-c3cccc(S(C)(=O)=O)c3)s2)n(-c2ccccc2Cl)n1. The van der Waals surface area contributed by atoms with Crippen LogP contribution in [0.15, 0.2) is 90.0 Å². The van der Waals surface area contributed by atoms with E-state index >= 15 is 0 Å². The number of aromatic nitrogens is 3. The normalized spacial score (nSPS) is 11.5. The molecule has 0 aliphatic heterocycles. The largest absolute Gasteiger partial charge is 0.485 e. The molecular weight excluding hydrogens is 514 g/mol. The van der Waals surface area contributed by atoms with Crippen LogP contribution in [0.2, 0.25) is 5.02 Å². The quantitative estimate of drug-likeness (QED) is 0.234. The first-order chi connectivity index (χ1) is 17.3. The minimum atomic E-state index is -3.30. The third kappa shape index (κ3) is 5.06. The van der Waals surface area contributed by atoms with Gasteiger partial charge in [0.15, 0.2) is 9.84 Å². The van der Waals surface area contributed by atoms with Gasteiger partial charge < -0.3 is 4.74 Å². The van der Waals surface area contributed by atoms with E-state index in [1.165, 1.54) is 6.26 Å². The van der Waals surface area contributed by atoms with Crippen molar-refractivity contribution in [3.8, 4) is 32.4 Å². The lowest BCUT2D eigenvalue weighted by Crippen LogP contribution is -2.02. The van der Waals surface area contributed by atoms with Crippen LogP contribution in [0.4, 0.5) is 0 Å². The van der Waals surface area contributed by atoms with Crippen molar-refractivity contribution in [2.75, 3.05) is 6.26 Å². The van der Waals surface area contributed by atoms with E-state index in [0.29, 0.717) is 15.7 Å². The number of pyridine rings is 1. The highest BCUT2D eigenvalue weighted by atomic mass is 35.5. The summed E-state index contributed by atoms with van der Waals surface area (Å²) < 4.78 is 31.9. The molecule has 0 aliphatic rings. The standard InChI is InChI=1S/C27H22ClN3O3S2/c1-18-25(11-6-14-29-18)34-17-20-16-24(31(30-20)23-10-4-3-9-22(23)28)27-13-12-26(35-27)19-7-5-8-21(15-19)36(2,32)33/h3-16H,17H2,1-2H3. The molecule has 0 spiro atoms. The van der Waals surface area contributed by atoms with Crippen molar-refractivity contribution in [1.29, 1.82) is 0 Å². The smallest absolute Gasteiger partial charge is 0.175 e. The summed E-state index contributed by atoms with van der Waals surface area (Å²) in [5.41, 5.74) is 4.00. The van der Waals surface area contributed by atoms with Gasteiger partial charge in [0.05, 0.1) is 31.9 Å². The van der Waals surface area contributed by atoms with Crippen molar-refractivity contribution in [3.05, 3.63) is 101 Å². The van der Waals surface area contributed by atoms with Crippen LogP contribution in [-0.4, -0.2) is 29.4 Å². The third-order valence-electron chi connectivity index (χ3n) is 5.58. The fraction of sp³-hybridized carbons (Fsp3) is 0.111. The molecule has 9 heteroatoms. The monoisotopic (exact) mass is 535 g/mol. The van der Waals surface area contributed by atoms with Crippen molar-refractivity contribution in [1.82, 2.24) is 14.8 Å². The van der Waals surface area contributed by atoms with E-state index in [1.807, 2.05) is 72.3 Å². The average Bonchev–Trinajstić information content (AvgIpc) is 3.51. The van der Waals surface area contributed by atoms with Gasteiger partial charge in [-0.3, -0.25) is 4.98 Å². The molecule has 0 aliphatic carbocycles. The number of ether oxygens (including phenoxy) is 1. The maximum atomic E-state index is 12.0. The summed E-state index contributed by atoms with van der Waals surface area (Å²) >= 11 is 8.08. The Morgan fingerprint density at radius 3 is 2.56 bits per heavy atom. The second kappa shape index (κ2) is 9.89. The van der Waals surface area contributed by atoms with Gasteiger partial charge in [-0.15, -0.1) is 11.3 Å². The lowest BCUT2D eigenvalue weighted by Gasteiger charge is -2.08. The Labute approximate surface area is 218 Å². The Morgan fingerprint density at radius 2 is 1.78 bits per heavy atom. The summed E-state index contributed by atoms with van der Waals surface area (Å²) in [6, 6.07) is 24.2. The number of thiophene rings is 1. The van der Waals surface area contributed by atoms with Crippen LogP contribution in [0.3, 0.4) is 0 Å². The van der Waals surface area contributed by atoms with Gasteiger partial charge in [0.25, 0.3) is 0 Å². The summed E-state index contributed by atoms with van der Waals surface area (Å²) in [4.78, 5) is 6.48. The van der Waals surface area contributed by atoms with Gasteiger partial charge in [0.1, 0.15) is 18.1 Å². The Kier molecular flexibility index (Phi) is 6.66. The molecule has 0 saturated heterocycles. The summed E-state index contributed by atoms with van der Waals surface area (Å²) in [7, 11) is -3.30. The van der Waals surface area contributed by atoms with Crippen LogP contribution < -0.4 is 4.74 Å². The molecule has 0 fully saturated rings. The molecule has 0 unspecified atom stereocenters. The molecule has 182 valence electrons. The Bertz CT molecular complexity index is 1660. The number of benzene rings is 2. The molecule has 0 radical (unpaired) electrons. The van der Waals surface area contributed by atoms with E-state index in [4.69, 9.17) is 21.4 Å². The highest BCUT2D eigenvalue weighted by Gasteiger charge is 2.17. The predicted octanol–water partition coefficient (Wildman–Crippen LogP) is 6.61. The minimum Gasteiger partial charge on any atom is -0.485 e. The van der Waals surface area contributed by atoms with E-state index in [1.54, 1.807) is 35.7 Å². The number of sulfone groups is 1. The van der Waals surface area contributed by atoms with Gasteiger partial charge in [-0.2, -0.15) is 5.10 Å². The molecule has 0 atom stereocenters. The number of hydrogen-bond acceptors (Lipinski definition) is 6. The zero-order valence-electron chi connectivity index (χ0n) is 19.6. The number of halogens is 1. The van der Waals surface area contributed by atoms with Crippen molar-refractivity contribution in [3.63, 3.8) is 0 Å². The maximum Gasteiger partial charge on any atom is 0.175 e. The highest BCUT2D eigenvalue weighted by molar-refractivity contribution is 7.90. The molecule has 6 nitrogen and oxygen atoms in total. The lowest BCUT2D eigenvalue weighted by atomic mass is 10.2. The van der Waals surface area contributed by atoms with Crippen molar-refractivity contribution in [2.45, 2.75) is 18.4 Å². The van der Waals surface area contributed by atoms with Gasteiger partial charge in [-0.25, -0.2) is 13.1 Å². The van der Waals surface area contributed by atoms with Gasteiger partial charge in [-0.1, -0.05) is 35.9 Å². The minimum absolute atomic E-state index is 0.269. The molecule has 0 N–H and O–H groups in total. The average molecular weight is 536 g/mol. The van der Waals surface area contributed by atoms with E-state index < -0.39 is 9.84 Å². The molecule has 0 bridgehead atoms. The van der Waals surface area contributed by atoms with Gasteiger partial charge in [0, 0.05) is 17.3 Å². The molecule has 3 heterocycles. The first-order valence-electron chi connectivity index (χ1n) is 11.1. The lowest BCUT2D eigenvalue weighted by molar-refractivity contribution is 0.297. The molecule has 0 saturated carbocycles. The second-order valence-electron chi connectivity index (χ2n) is 8.22. The van der Waals surface area contributed by atoms with Gasteiger partial charge in [-0.05, 0) is 67.1 Å². The van der Waals surface area contributed by atoms with Crippen LogP contribution in [-0.2, 0) is 16.4 Å². The van der Waals surface area contributed by atoms with Crippen LogP contribution >= 0.6 is 22.9 Å². The number of hydrogen-bond donors (Lipinski definition) is 0. The molecule has 5 rings (SSSR count). The molecule has 3 aromatic heterocycles. The zero-order chi connectivity index (χ0) is 25.3. The van der Waals surface area contributed by atoms with Crippen LogP contribution in [0, 0.1) is 6.92 Å². The van der Waals surface area contributed by atoms with Crippen LogP contribution in [0.1, 0.15) is 11.4 Å². The first kappa shape index (κ1) is 24.2. The fourth-order valence-corrected chi connectivity index (χ4v) is 5.65. The van der Waals surface area contributed by atoms with Crippen molar-refractivity contribution >= 4 is 32.8 Å². The Morgan fingerprint density at radius 1 is 0.972 bits per heavy atom. The maximum absolute atomic E-state index is 12.0. The van der Waals surface area contributed by atoms with Crippen molar-refractivity contribution in [2.24, 2.45) is 0 Å². The summed E-state index contributed by atoms with van der Waals surface area (Å²) in [6.07, 6.45) is 2.94. The molecule has 2 aromatic carbocycles. The van der Waals surface area contributed by atoms with E-state index in [2.05, 4.69) is 4.98 Å². The van der Waals surface area contributed by atoms with Crippen LogP contribution in [0.25, 0.3) is 26.7 Å². The third-order valence-corrected chi connectivity index (χ3v) is 8.17. The second-order valence-corrected chi connectivity index (χ2v) is 11.7. The van der Waals surface area contributed by atoms with Crippen molar-refractivity contribution < 1.29 is 13.2 Å². The number of aryl methyl sites for hydroxylation is 1. The number of para-hydroxylation sites is 1. The molecule has 0 amide bonds. The van der Waals surface area contributed by atoms with Gasteiger partial charge in [0.2, 0.25) is 0 Å². The predicted molar refractivity (Wildman–Crippen MR) is 144 cm³/mol. The topological polar surface area (TPSA) is 74.1 Å². The van der Waals surface area contributed by atoms with Crippen LogP contribution in [0.5, 0.6) is 5.75 Å². The number of rotatable bonds is 7. The molecule has 36 heavy (non-hydrogen) atoms. The fourth-order valence-electron chi connectivity index (χ4n) is 3.77. The van der Waals surface area contributed by atoms with E-state index in [9.17, 15) is 8.42 Å².